The molecule has 23 heavy (non-hydrogen) atoms. The van der Waals surface area contributed by atoms with Gasteiger partial charge in [-0.3, -0.25) is 0 Å². The summed E-state index contributed by atoms with van der Waals surface area (Å²) in [6.45, 7) is 1.99. The van der Waals surface area contributed by atoms with Crippen molar-refractivity contribution in [2.75, 3.05) is 0 Å². The van der Waals surface area contributed by atoms with Crippen molar-refractivity contribution in [3.05, 3.63) is 77.7 Å². The second-order valence-electron chi connectivity index (χ2n) is 5.15. The molecule has 4 nitrogen and oxygen atoms in total. The number of ether oxygens (including phenoxy) is 1. The highest BCUT2D eigenvalue weighted by Gasteiger charge is 2.14. The Morgan fingerprint density at radius 2 is 1.78 bits per heavy atom. The number of aromatic carboxylic acids is 1. The van der Waals surface area contributed by atoms with Crippen LogP contribution in [0.3, 0.4) is 0 Å². The monoisotopic (exact) mass is 308 g/mol. The van der Waals surface area contributed by atoms with Gasteiger partial charge in [-0.15, -0.1) is 0 Å². The highest BCUT2D eigenvalue weighted by molar-refractivity contribution is 5.84. The van der Waals surface area contributed by atoms with E-state index in [1.165, 1.54) is 6.07 Å². The van der Waals surface area contributed by atoms with Crippen molar-refractivity contribution in [2.45, 2.75) is 13.5 Å². The Morgan fingerprint density at radius 1 is 1.09 bits per heavy atom. The molecule has 116 valence electrons. The van der Waals surface area contributed by atoms with Crippen molar-refractivity contribution >= 4 is 5.97 Å². The molecule has 1 heterocycles. The lowest BCUT2D eigenvalue weighted by Gasteiger charge is -2.11. The number of aryl methyl sites for hydroxylation is 1. The number of carboxylic acids is 1. The fourth-order valence-electron chi connectivity index (χ4n) is 2.37. The SMILES string of the molecule is Cc1oc(C(=O)O)cc1COc1ccccc1-c1ccccc1. The maximum atomic E-state index is 10.9. The maximum Gasteiger partial charge on any atom is 0.371 e. The minimum Gasteiger partial charge on any atom is -0.488 e. The first-order valence-electron chi connectivity index (χ1n) is 7.25. The maximum absolute atomic E-state index is 10.9. The number of benzene rings is 2. The van der Waals surface area contributed by atoms with Gasteiger partial charge in [-0.25, -0.2) is 4.79 Å². The highest BCUT2D eigenvalue weighted by Crippen LogP contribution is 2.30. The van der Waals surface area contributed by atoms with Crippen molar-refractivity contribution < 1.29 is 19.1 Å². The van der Waals surface area contributed by atoms with E-state index in [0.29, 0.717) is 5.76 Å². The summed E-state index contributed by atoms with van der Waals surface area (Å²) in [5, 5.41) is 8.97. The molecule has 3 aromatic rings. The van der Waals surface area contributed by atoms with Crippen LogP contribution < -0.4 is 4.74 Å². The van der Waals surface area contributed by atoms with E-state index in [-0.39, 0.29) is 12.4 Å². The summed E-state index contributed by atoms with van der Waals surface area (Å²) in [6.07, 6.45) is 0. The number of hydrogen-bond donors (Lipinski definition) is 1. The largest absolute Gasteiger partial charge is 0.488 e. The van der Waals surface area contributed by atoms with Gasteiger partial charge >= 0.3 is 5.97 Å². The van der Waals surface area contributed by atoms with Crippen LogP contribution in [0.5, 0.6) is 5.75 Å². The molecule has 2 aromatic carbocycles. The van der Waals surface area contributed by atoms with E-state index in [2.05, 4.69) is 0 Å². The van der Waals surface area contributed by atoms with Crippen molar-refractivity contribution in [3.8, 4) is 16.9 Å². The zero-order valence-electron chi connectivity index (χ0n) is 12.7. The number of para-hydroxylation sites is 1. The Kier molecular flexibility index (Phi) is 4.15. The number of rotatable bonds is 5. The third-order valence-corrected chi connectivity index (χ3v) is 3.59. The Bertz CT molecular complexity index is 818. The Hall–Kier alpha value is -3.01. The van der Waals surface area contributed by atoms with Crippen LogP contribution in [0.2, 0.25) is 0 Å². The summed E-state index contributed by atoms with van der Waals surface area (Å²) in [6, 6.07) is 19.2. The minimum atomic E-state index is -1.08. The molecule has 1 N–H and O–H groups in total. The van der Waals surface area contributed by atoms with Gasteiger partial charge in [-0.1, -0.05) is 48.5 Å². The van der Waals surface area contributed by atoms with Crippen molar-refractivity contribution in [1.82, 2.24) is 0 Å². The van der Waals surface area contributed by atoms with E-state index < -0.39 is 5.97 Å². The van der Waals surface area contributed by atoms with Gasteiger partial charge in [-0.2, -0.15) is 0 Å². The molecule has 0 aliphatic heterocycles. The molecular weight excluding hydrogens is 292 g/mol. The third kappa shape index (κ3) is 3.26. The van der Waals surface area contributed by atoms with Gasteiger partial charge < -0.3 is 14.3 Å². The fourth-order valence-corrected chi connectivity index (χ4v) is 2.37. The summed E-state index contributed by atoms with van der Waals surface area (Å²) >= 11 is 0. The van der Waals surface area contributed by atoms with Crippen molar-refractivity contribution in [1.29, 1.82) is 0 Å². The van der Waals surface area contributed by atoms with Crippen molar-refractivity contribution in [2.24, 2.45) is 0 Å². The van der Waals surface area contributed by atoms with E-state index in [0.717, 1.165) is 22.4 Å². The van der Waals surface area contributed by atoms with E-state index in [4.69, 9.17) is 14.3 Å². The summed E-state index contributed by atoms with van der Waals surface area (Å²) in [7, 11) is 0. The molecule has 0 bridgehead atoms. The molecule has 0 aliphatic rings. The third-order valence-electron chi connectivity index (χ3n) is 3.59. The quantitative estimate of drug-likeness (QED) is 0.752. The molecule has 0 radical (unpaired) electrons. The molecule has 4 heteroatoms. The molecule has 0 saturated carbocycles. The zero-order valence-corrected chi connectivity index (χ0v) is 12.7. The molecule has 0 aliphatic carbocycles. The minimum absolute atomic E-state index is 0.0718. The summed E-state index contributed by atoms with van der Waals surface area (Å²) in [5.41, 5.74) is 2.79. The van der Waals surface area contributed by atoms with Crippen LogP contribution in [0.1, 0.15) is 21.9 Å². The topological polar surface area (TPSA) is 59.7 Å². The molecular formula is C19H16O4. The predicted octanol–water partition coefficient (Wildman–Crippen LogP) is 4.53. The zero-order chi connectivity index (χ0) is 16.2. The molecule has 0 amide bonds. The van der Waals surface area contributed by atoms with Crippen molar-refractivity contribution in [3.63, 3.8) is 0 Å². The average molecular weight is 308 g/mol. The first-order chi connectivity index (χ1) is 11.1. The van der Waals surface area contributed by atoms with Crippen LogP contribution in [-0.4, -0.2) is 11.1 Å². The van der Waals surface area contributed by atoms with Crippen LogP contribution in [0.4, 0.5) is 0 Å². The van der Waals surface area contributed by atoms with Gasteiger partial charge in [0.25, 0.3) is 0 Å². The van der Waals surface area contributed by atoms with Crippen LogP contribution in [0, 0.1) is 6.92 Å². The number of carboxylic acid groups (broad SMARTS) is 1. The van der Waals surface area contributed by atoms with Crippen LogP contribution in [-0.2, 0) is 6.61 Å². The van der Waals surface area contributed by atoms with E-state index >= 15 is 0 Å². The molecule has 0 atom stereocenters. The average Bonchev–Trinajstić information content (AvgIpc) is 2.95. The first kappa shape index (κ1) is 14.9. The van der Waals surface area contributed by atoms with Gasteiger partial charge in [0.05, 0.1) is 0 Å². The van der Waals surface area contributed by atoms with E-state index in [9.17, 15) is 4.79 Å². The molecule has 0 saturated heterocycles. The summed E-state index contributed by atoms with van der Waals surface area (Å²) < 4.78 is 11.1. The Balaban J connectivity index is 1.83. The Morgan fingerprint density at radius 3 is 2.48 bits per heavy atom. The number of furan rings is 1. The summed E-state index contributed by atoms with van der Waals surface area (Å²) in [5.74, 6) is 0.150. The first-order valence-corrected chi connectivity index (χ1v) is 7.25. The second kappa shape index (κ2) is 6.40. The van der Waals surface area contributed by atoms with Crippen LogP contribution in [0.15, 0.2) is 65.1 Å². The van der Waals surface area contributed by atoms with Gasteiger partial charge in [0, 0.05) is 11.1 Å². The molecule has 0 spiro atoms. The predicted molar refractivity (Wildman–Crippen MR) is 86.6 cm³/mol. The number of hydrogen-bond acceptors (Lipinski definition) is 3. The van der Waals surface area contributed by atoms with E-state index in [1.807, 2.05) is 54.6 Å². The van der Waals surface area contributed by atoms with Gasteiger partial charge in [0.2, 0.25) is 5.76 Å². The van der Waals surface area contributed by atoms with Gasteiger partial charge in [0.15, 0.2) is 0 Å². The summed E-state index contributed by atoms with van der Waals surface area (Å²) in [4.78, 5) is 10.9. The van der Waals surface area contributed by atoms with Crippen LogP contribution in [0.25, 0.3) is 11.1 Å². The fraction of sp³-hybridized carbons (Fsp3) is 0.105. The second-order valence-corrected chi connectivity index (χ2v) is 5.15. The smallest absolute Gasteiger partial charge is 0.371 e. The van der Waals surface area contributed by atoms with Gasteiger partial charge in [0.1, 0.15) is 18.1 Å². The molecule has 3 rings (SSSR count). The normalized spacial score (nSPS) is 10.5. The lowest BCUT2D eigenvalue weighted by atomic mass is 10.1. The Labute approximate surface area is 134 Å². The molecule has 1 aromatic heterocycles. The van der Waals surface area contributed by atoms with Gasteiger partial charge in [-0.05, 0) is 24.6 Å². The van der Waals surface area contributed by atoms with E-state index in [1.54, 1.807) is 6.92 Å². The van der Waals surface area contributed by atoms with Crippen LogP contribution >= 0.6 is 0 Å². The number of carbonyl (C=O) groups is 1. The lowest BCUT2D eigenvalue weighted by molar-refractivity contribution is 0.0661. The highest BCUT2D eigenvalue weighted by atomic mass is 16.5. The molecule has 0 fully saturated rings. The molecule has 0 unspecified atom stereocenters. The lowest BCUT2D eigenvalue weighted by Crippen LogP contribution is -1.97. The standard InChI is InChI=1S/C19H16O4/c1-13-15(11-18(23-13)19(20)21)12-22-17-10-6-5-9-16(17)14-7-3-2-4-8-14/h2-11H,12H2,1H3,(H,20,21).